The van der Waals surface area contributed by atoms with Crippen LogP contribution in [0.25, 0.3) is 0 Å². The Hall–Kier alpha value is -1.36. The van der Waals surface area contributed by atoms with Gasteiger partial charge in [-0.1, -0.05) is 6.58 Å². The van der Waals surface area contributed by atoms with E-state index in [1.807, 2.05) is 0 Å². The van der Waals surface area contributed by atoms with Crippen LogP contribution in [0.1, 0.15) is 13.3 Å². The lowest BCUT2D eigenvalue weighted by molar-refractivity contribution is -0.147. The van der Waals surface area contributed by atoms with E-state index in [4.69, 9.17) is 14.2 Å². The maximum Gasteiger partial charge on any atom is 0.333 e. The molecule has 1 fully saturated rings. The zero-order chi connectivity index (χ0) is 11.3. The van der Waals surface area contributed by atoms with Crippen molar-refractivity contribution in [2.45, 2.75) is 19.4 Å². The first-order valence-electron chi connectivity index (χ1n) is 4.69. The van der Waals surface area contributed by atoms with E-state index < -0.39 is 5.97 Å². The van der Waals surface area contributed by atoms with Gasteiger partial charge in [0, 0.05) is 5.57 Å². The van der Waals surface area contributed by atoms with Crippen LogP contribution in [0.15, 0.2) is 12.2 Å². The van der Waals surface area contributed by atoms with Crippen LogP contribution in [0.5, 0.6) is 0 Å². The van der Waals surface area contributed by atoms with Gasteiger partial charge in [0.25, 0.3) is 0 Å². The van der Waals surface area contributed by atoms with Crippen LogP contribution in [0.4, 0.5) is 0 Å². The summed E-state index contributed by atoms with van der Waals surface area (Å²) in [6.45, 7) is 5.92. The summed E-state index contributed by atoms with van der Waals surface area (Å²) in [6.07, 6.45) is 0.123. The molecule has 0 aromatic rings. The van der Waals surface area contributed by atoms with Crippen molar-refractivity contribution in [1.82, 2.24) is 0 Å². The molecule has 1 unspecified atom stereocenters. The molecule has 1 atom stereocenters. The molecular formula is C10H14O5. The number of ether oxygens (including phenoxy) is 3. The van der Waals surface area contributed by atoms with Crippen LogP contribution < -0.4 is 0 Å². The lowest BCUT2D eigenvalue weighted by Gasteiger charge is -2.04. The molecule has 0 radical (unpaired) electrons. The normalized spacial score (nSPS) is 18.1. The Labute approximate surface area is 88.0 Å². The highest BCUT2D eigenvalue weighted by Gasteiger charge is 2.24. The molecule has 5 heteroatoms. The lowest BCUT2D eigenvalue weighted by Crippen LogP contribution is -2.14. The van der Waals surface area contributed by atoms with Gasteiger partial charge in [0.1, 0.15) is 19.3 Å². The van der Waals surface area contributed by atoms with E-state index in [0.717, 1.165) is 0 Å². The van der Waals surface area contributed by atoms with Crippen molar-refractivity contribution in [2.24, 2.45) is 0 Å². The van der Waals surface area contributed by atoms with E-state index >= 15 is 0 Å². The van der Waals surface area contributed by atoms with Crippen LogP contribution in [-0.4, -0.2) is 37.9 Å². The zero-order valence-electron chi connectivity index (χ0n) is 8.65. The molecule has 1 saturated heterocycles. The van der Waals surface area contributed by atoms with E-state index in [0.29, 0.717) is 12.2 Å². The largest absolute Gasteiger partial charge is 0.463 e. The van der Waals surface area contributed by atoms with Gasteiger partial charge < -0.3 is 14.2 Å². The third kappa shape index (κ3) is 5.17. The monoisotopic (exact) mass is 214 g/mol. The van der Waals surface area contributed by atoms with Gasteiger partial charge in [0.05, 0.1) is 13.0 Å². The van der Waals surface area contributed by atoms with Crippen molar-refractivity contribution in [3.05, 3.63) is 12.2 Å². The van der Waals surface area contributed by atoms with Crippen molar-refractivity contribution in [3.8, 4) is 0 Å². The number of carbonyl (C=O) groups excluding carboxylic acids is 2. The zero-order valence-corrected chi connectivity index (χ0v) is 8.65. The molecule has 0 aromatic heterocycles. The number of rotatable bonds is 6. The number of hydrogen-bond donors (Lipinski definition) is 0. The van der Waals surface area contributed by atoms with Crippen molar-refractivity contribution in [1.29, 1.82) is 0 Å². The molecule has 0 saturated carbocycles. The predicted octanol–water partition coefficient (Wildman–Crippen LogP) is 0.438. The maximum atomic E-state index is 11.0. The summed E-state index contributed by atoms with van der Waals surface area (Å²) in [5.74, 6) is -0.881. The predicted molar refractivity (Wildman–Crippen MR) is 51.1 cm³/mol. The molecule has 1 aliphatic rings. The van der Waals surface area contributed by atoms with Gasteiger partial charge in [-0.05, 0) is 6.92 Å². The van der Waals surface area contributed by atoms with Crippen LogP contribution in [0.3, 0.4) is 0 Å². The Balaban J connectivity index is 2.00. The summed E-state index contributed by atoms with van der Waals surface area (Å²) in [6, 6.07) is 0. The topological polar surface area (TPSA) is 65.1 Å². The molecule has 1 rings (SSSR count). The van der Waals surface area contributed by atoms with Crippen LogP contribution >= 0.6 is 0 Å². The van der Waals surface area contributed by atoms with Crippen molar-refractivity contribution < 1.29 is 23.8 Å². The molecule has 1 heterocycles. The van der Waals surface area contributed by atoms with E-state index in [2.05, 4.69) is 6.58 Å². The quantitative estimate of drug-likeness (QED) is 0.364. The molecule has 84 valence electrons. The molecule has 0 spiro atoms. The molecule has 0 aromatic carbocycles. The van der Waals surface area contributed by atoms with E-state index in [1.54, 1.807) is 6.92 Å². The van der Waals surface area contributed by atoms with Crippen molar-refractivity contribution in [2.75, 3.05) is 19.8 Å². The summed E-state index contributed by atoms with van der Waals surface area (Å²) in [5, 5.41) is 0. The second-order valence-electron chi connectivity index (χ2n) is 3.30. The van der Waals surface area contributed by atoms with Gasteiger partial charge in [0.2, 0.25) is 0 Å². The molecule has 0 bridgehead atoms. The minimum atomic E-state index is -0.492. The van der Waals surface area contributed by atoms with Crippen molar-refractivity contribution in [3.63, 3.8) is 0 Å². The van der Waals surface area contributed by atoms with E-state index in [1.165, 1.54) is 0 Å². The van der Waals surface area contributed by atoms with Crippen LogP contribution in [0, 0.1) is 0 Å². The highest BCUT2D eigenvalue weighted by molar-refractivity contribution is 5.87. The fourth-order valence-corrected chi connectivity index (χ4v) is 0.773. The smallest absolute Gasteiger partial charge is 0.333 e. The second kappa shape index (κ2) is 5.50. The first kappa shape index (κ1) is 11.7. The Bertz CT molecular complexity index is 267. The van der Waals surface area contributed by atoms with Crippen molar-refractivity contribution >= 4 is 11.9 Å². The first-order valence-corrected chi connectivity index (χ1v) is 4.69. The molecule has 0 aliphatic carbocycles. The standard InChI is InChI=1S/C10H14O5/c1-7(2)10(12)13-4-3-9(11)15-6-8-5-14-8/h8H,1,3-6H2,2H3. The minimum Gasteiger partial charge on any atom is -0.463 e. The fraction of sp³-hybridized carbons (Fsp3) is 0.600. The molecule has 1 aliphatic heterocycles. The molecule has 5 nitrogen and oxygen atoms in total. The molecule has 15 heavy (non-hydrogen) atoms. The second-order valence-corrected chi connectivity index (χ2v) is 3.30. The third-order valence-electron chi connectivity index (χ3n) is 1.72. The number of hydrogen-bond acceptors (Lipinski definition) is 5. The summed E-state index contributed by atoms with van der Waals surface area (Å²) >= 11 is 0. The Kier molecular flexibility index (Phi) is 4.30. The number of carbonyl (C=O) groups is 2. The van der Waals surface area contributed by atoms with E-state index in [-0.39, 0.29) is 31.7 Å². The summed E-state index contributed by atoms with van der Waals surface area (Å²) < 4.78 is 14.4. The van der Waals surface area contributed by atoms with Gasteiger partial charge in [-0.15, -0.1) is 0 Å². The number of epoxide rings is 1. The first-order chi connectivity index (χ1) is 7.09. The molecule has 0 N–H and O–H groups in total. The highest BCUT2D eigenvalue weighted by atomic mass is 16.6. The summed E-state index contributed by atoms with van der Waals surface area (Å²) in [4.78, 5) is 21.9. The summed E-state index contributed by atoms with van der Waals surface area (Å²) in [5.41, 5.74) is 0.315. The number of esters is 2. The van der Waals surface area contributed by atoms with Crippen LogP contribution in [0.2, 0.25) is 0 Å². The van der Waals surface area contributed by atoms with Gasteiger partial charge >= 0.3 is 11.9 Å². The Morgan fingerprint density at radius 2 is 2.13 bits per heavy atom. The van der Waals surface area contributed by atoms with Gasteiger partial charge in [0.15, 0.2) is 0 Å². The average Bonchev–Trinajstić information content (AvgIpc) is 2.97. The third-order valence-corrected chi connectivity index (χ3v) is 1.72. The average molecular weight is 214 g/mol. The van der Waals surface area contributed by atoms with Gasteiger partial charge in [-0.2, -0.15) is 0 Å². The molecule has 0 amide bonds. The summed E-state index contributed by atoms with van der Waals surface area (Å²) in [7, 11) is 0. The SMILES string of the molecule is C=C(C)C(=O)OCCC(=O)OCC1CO1. The van der Waals surface area contributed by atoms with Gasteiger partial charge in [-0.3, -0.25) is 4.79 Å². The highest BCUT2D eigenvalue weighted by Crippen LogP contribution is 2.08. The Morgan fingerprint density at radius 1 is 1.47 bits per heavy atom. The lowest BCUT2D eigenvalue weighted by atomic mass is 10.3. The minimum absolute atomic E-state index is 0.0239. The fourth-order valence-electron chi connectivity index (χ4n) is 0.773. The van der Waals surface area contributed by atoms with Gasteiger partial charge in [-0.25, -0.2) is 4.79 Å². The maximum absolute atomic E-state index is 11.0. The molecular weight excluding hydrogens is 200 g/mol. The van der Waals surface area contributed by atoms with E-state index in [9.17, 15) is 9.59 Å². The Morgan fingerprint density at radius 3 is 2.67 bits per heavy atom. The van der Waals surface area contributed by atoms with Crippen LogP contribution in [-0.2, 0) is 23.8 Å².